The zero-order valence-corrected chi connectivity index (χ0v) is 22.1. The number of aliphatic hydroxyl groups is 3. The standard InChI is InChI=1S/C28H38N2O5S/c1-15-16-9-10-18-26-14-35-28(34,27(18,21(15)31)22(16)32)23(33)19(26)25(2,3)13-17-20(26)29-24(36-17)30-11-7-5-4-6-8-12-30/h16,18-19,22-23,32-34H,1,4-14H2,2-3H3/t16-,18-,19+,22+,23-,26-,27-,28+/m0/s1. The summed E-state index contributed by atoms with van der Waals surface area (Å²) in [5, 5.41) is 36.6. The summed E-state index contributed by atoms with van der Waals surface area (Å²) in [6, 6.07) is 0. The van der Waals surface area contributed by atoms with Crippen molar-refractivity contribution in [2.45, 2.75) is 88.6 Å². The summed E-state index contributed by atoms with van der Waals surface area (Å²) in [4.78, 5) is 22.9. The number of fused-ring (bicyclic) bond motifs is 3. The predicted molar refractivity (Wildman–Crippen MR) is 136 cm³/mol. The highest BCUT2D eigenvalue weighted by Gasteiger charge is 2.86. The molecule has 4 aliphatic carbocycles. The van der Waals surface area contributed by atoms with E-state index in [1.807, 2.05) is 0 Å². The van der Waals surface area contributed by atoms with E-state index in [0.29, 0.717) is 18.4 Å². The number of Topliss-reactive ketones (excluding diaryl/α,β-unsaturated/α-hetero) is 1. The van der Waals surface area contributed by atoms with Gasteiger partial charge in [-0.25, -0.2) is 4.98 Å². The summed E-state index contributed by atoms with van der Waals surface area (Å²) in [5.74, 6) is -3.55. The van der Waals surface area contributed by atoms with Gasteiger partial charge in [-0.2, -0.15) is 0 Å². The van der Waals surface area contributed by atoms with Crippen molar-refractivity contribution >= 4 is 22.3 Å². The number of hydrogen-bond donors (Lipinski definition) is 3. The summed E-state index contributed by atoms with van der Waals surface area (Å²) in [5.41, 5.74) is -1.38. The summed E-state index contributed by atoms with van der Waals surface area (Å²) in [7, 11) is 0. The van der Waals surface area contributed by atoms with Gasteiger partial charge in [0.2, 0.25) is 5.79 Å². The first-order valence-electron chi connectivity index (χ1n) is 13.8. The maximum absolute atomic E-state index is 13.9. The molecule has 0 radical (unpaired) electrons. The van der Waals surface area contributed by atoms with Crippen LogP contribution in [0.5, 0.6) is 0 Å². The Morgan fingerprint density at radius 2 is 1.78 bits per heavy atom. The number of anilines is 1. The van der Waals surface area contributed by atoms with Gasteiger partial charge in [-0.05, 0) is 49.0 Å². The minimum atomic E-state index is -2.13. The van der Waals surface area contributed by atoms with Crippen LogP contribution in [-0.4, -0.2) is 63.8 Å². The fourth-order valence-electron chi connectivity index (χ4n) is 9.65. The third-order valence-corrected chi connectivity index (χ3v) is 12.1. The van der Waals surface area contributed by atoms with E-state index in [1.54, 1.807) is 11.3 Å². The number of aliphatic hydroxyl groups excluding tert-OH is 2. The lowest BCUT2D eigenvalue weighted by molar-refractivity contribution is -0.429. The first kappa shape index (κ1) is 23.8. The van der Waals surface area contributed by atoms with E-state index in [0.717, 1.165) is 43.2 Å². The smallest absolute Gasteiger partial charge is 0.208 e. The Hall–Kier alpha value is -1.32. The van der Waals surface area contributed by atoms with Gasteiger partial charge in [-0.15, -0.1) is 11.3 Å². The third kappa shape index (κ3) is 2.49. The van der Waals surface area contributed by atoms with Crippen LogP contribution in [-0.2, 0) is 21.4 Å². The van der Waals surface area contributed by atoms with Gasteiger partial charge in [-0.1, -0.05) is 39.7 Å². The lowest BCUT2D eigenvalue weighted by Crippen LogP contribution is -2.85. The SMILES string of the molecule is C=C1C(=O)[C@]23[C@H](O)[C@H]1CC[C@H]2[C@@]12CO[C@]3(O)[C@@H](O)[C@@H]1C(C)(C)Cc1sc(N3CCCCCCC3)nc12. The molecule has 8 heteroatoms. The van der Waals surface area contributed by atoms with E-state index in [1.165, 1.54) is 24.1 Å². The second-order valence-corrected chi connectivity index (χ2v) is 14.1. The zero-order valence-electron chi connectivity index (χ0n) is 21.3. The van der Waals surface area contributed by atoms with Crippen LogP contribution in [0.2, 0.25) is 0 Å². The molecule has 3 N–H and O–H groups in total. The molecule has 3 saturated heterocycles. The number of carbonyl (C=O) groups is 1. The highest BCUT2D eigenvalue weighted by atomic mass is 32.1. The molecule has 2 spiro atoms. The maximum atomic E-state index is 13.9. The fraction of sp³-hybridized carbons (Fsp3) is 0.786. The van der Waals surface area contributed by atoms with Crippen LogP contribution in [0.25, 0.3) is 0 Å². The van der Waals surface area contributed by atoms with Crippen LogP contribution in [0.1, 0.15) is 69.4 Å². The number of rotatable bonds is 1. The Morgan fingerprint density at radius 1 is 1.08 bits per heavy atom. The highest BCUT2D eigenvalue weighted by molar-refractivity contribution is 7.15. The van der Waals surface area contributed by atoms with Gasteiger partial charge in [0.25, 0.3) is 0 Å². The third-order valence-electron chi connectivity index (χ3n) is 11.0. The van der Waals surface area contributed by atoms with Crippen molar-refractivity contribution in [1.82, 2.24) is 4.98 Å². The molecule has 4 bridgehead atoms. The Labute approximate surface area is 216 Å². The van der Waals surface area contributed by atoms with Crippen molar-refractivity contribution in [2.24, 2.45) is 28.6 Å². The number of carbonyl (C=O) groups excluding carboxylic acids is 1. The van der Waals surface area contributed by atoms with Crippen LogP contribution < -0.4 is 4.90 Å². The van der Waals surface area contributed by atoms with Gasteiger partial charge in [0, 0.05) is 35.2 Å². The highest BCUT2D eigenvalue weighted by Crippen LogP contribution is 2.75. The van der Waals surface area contributed by atoms with Crippen LogP contribution in [0, 0.1) is 28.6 Å². The second kappa shape index (κ2) is 7.41. The molecule has 1 aromatic heterocycles. The zero-order chi connectivity index (χ0) is 25.3. The average Bonchev–Trinajstić information content (AvgIpc) is 3.25. The molecule has 7 nitrogen and oxygen atoms in total. The first-order chi connectivity index (χ1) is 17.1. The molecule has 0 unspecified atom stereocenters. The molecule has 6 fully saturated rings. The van der Waals surface area contributed by atoms with E-state index >= 15 is 0 Å². The predicted octanol–water partition coefficient (Wildman–Crippen LogP) is 2.96. The molecule has 8 rings (SSSR count). The minimum Gasteiger partial charge on any atom is -0.391 e. The second-order valence-electron chi connectivity index (χ2n) is 13.0. The summed E-state index contributed by atoms with van der Waals surface area (Å²) >= 11 is 1.76. The molecule has 0 aromatic carbocycles. The summed E-state index contributed by atoms with van der Waals surface area (Å²) in [6.45, 7) is 10.6. The Kier molecular flexibility index (Phi) is 4.89. The molecule has 4 heterocycles. The van der Waals surface area contributed by atoms with Gasteiger partial charge < -0.3 is 25.0 Å². The van der Waals surface area contributed by atoms with E-state index in [2.05, 4.69) is 25.3 Å². The maximum Gasteiger partial charge on any atom is 0.208 e. The monoisotopic (exact) mass is 514 g/mol. The Bertz CT molecular complexity index is 1140. The van der Waals surface area contributed by atoms with Crippen molar-refractivity contribution in [3.63, 3.8) is 0 Å². The number of thiazole rings is 1. The first-order valence-corrected chi connectivity index (χ1v) is 14.6. The van der Waals surface area contributed by atoms with Crippen molar-refractivity contribution in [1.29, 1.82) is 0 Å². The van der Waals surface area contributed by atoms with Gasteiger partial charge in [0.05, 0.1) is 18.4 Å². The molecular formula is C28H38N2O5S. The number of aromatic nitrogens is 1. The van der Waals surface area contributed by atoms with Crippen LogP contribution >= 0.6 is 11.3 Å². The quantitative estimate of drug-likeness (QED) is 0.495. The van der Waals surface area contributed by atoms with Crippen LogP contribution in [0.3, 0.4) is 0 Å². The van der Waals surface area contributed by atoms with Gasteiger partial charge >= 0.3 is 0 Å². The number of hydrogen-bond acceptors (Lipinski definition) is 8. The summed E-state index contributed by atoms with van der Waals surface area (Å²) < 4.78 is 6.19. The molecule has 3 saturated carbocycles. The molecule has 8 atom stereocenters. The van der Waals surface area contributed by atoms with E-state index in [9.17, 15) is 20.1 Å². The average molecular weight is 515 g/mol. The topological polar surface area (TPSA) is 103 Å². The van der Waals surface area contributed by atoms with Crippen molar-refractivity contribution in [3.8, 4) is 0 Å². The molecular weight excluding hydrogens is 476 g/mol. The van der Waals surface area contributed by atoms with Crippen LogP contribution in [0.15, 0.2) is 12.2 Å². The van der Waals surface area contributed by atoms with E-state index < -0.39 is 34.7 Å². The van der Waals surface area contributed by atoms with Crippen LogP contribution in [0.4, 0.5) is 5.13 Å². The lowest BCUT2D eigenvalue weighted by Gasteiger charge is -2.73. The molecule has 0 amide bonds. The minimum absolute atomic E-state index is 0.203. The number of nitrogens with zero attached hydrogens (tertiary/aromatic N) is 2. The molecule has 196 valence electrons. The Morgan fingerprint density at radius 3 is 2.50 bits per heavy atom. The molecule has 36 heavy (non-hydrogen) atoms. The van der Waals surface area contributed by atoms with Crippen molar-refractivity contribution in [3.05, 3.63) is 22.7 Å². The summed E-state index contributed by atoms with van der Waals surface area (Å²) in [6.07, 6.45) is 5.78. The normalized spacial score (nSPS) is 47.1. The molecule has 7 aliphatic rings. The largest absolute Gasteiger partial charge is 0.391 e. The lowest BCUT2D eigenvalue weighted by atomic mass is 9.36. The fourth-order valence-corrected chi connectivity index (χ4v) is 11.1. The van der Waals surface area contributed by atoms with Gasteiger partial charge in [0.15, 0.2) is 10.9 Å². The van der Waals surface area contributed by atoms with Gasteiger partial charge in [-0.3, -0.25) is 4.79 Å². The van der Waals surface area contributed by atoms with Crippen molar-refractivity contribution in [2.75, 3.05) is 24.6 Å². The Balaban J connectivity index is 1.44. The van der Waals surface area contributed by atoms with E-state index in [4.69, 9.17) is 9.72 Å². The molecule has 3 aliphatic heterocycles. The van der Waals surface area contributed by atoms with Crippen molar-refractivity contribution < 1.29 is 24.9 Å². The van der Waals surface area contributed by atoms with E-state index in [-0.39, 0.29) is 29.6 Å². The molecule has 1 aromatic rings. The van der Waals surface area contributed by atoms with Gasteiger partial charge in [0.1, 0.15) is 11.5 Å². The number of ketones is 1. The number of ether oxygens (including phenoxy) is 1.